The average Bonchev–Trinajstić information content (AvgIpc) is 2.33. The van der Waals surface area contributed by atoms with E-state index in [0.717, 1.165) is 12.8 Å². The van der Waals surface area contributed by atoms with Gasteiger partial charge in [0.05, 0.1) is 6.61 Å². The van der Waals surface area contributed by atoms with Gasteiger partial charge < -0.3 is 15.4 Å². The molecule has 0 radical (unpaired) electrons. The lowest BCUT2D eigenvalue weighted by atomic mass is 10.1. The van der Waals surface area contributed by atoms with Crippen LogP contribution in [0, 0.1) is 0 Å². The summed E-state index contributed by atoms with van der Waals surface area (Å²) < 4.78 is 4.97. The molecule has 1 saturated heterocycles. The van der Waals surface area contributed by atoms with Crippen LogP contribution in [0.4, 0.5) is 4.79 Å². The Kier molecular flexibility index (Phi) is 6.43. The Bertz CT molecular complexity index is 256. The van der Waals surface area contributed by atoms with Gasteiger partial charge in [0.1, 0.15) is 6.04 Å². The van der Waals surface area contributed by atoms with Crippen molar-refractivity contribution in [1.82, 2.24) is 10.6 Å². The second-order valence-electron chi connectivity index (χ2n) is 4.35. The van der Waals surface area contributed by atoms with E-state index in [4.69, 9.17) is 4.74 Å². The summed E-state index contributed by atoms with van der Waals surface area (Å²) in [6.45, 7) is 3.13. The first-order chi connectivity index (χ1) is 8.24. The molecule has 5 heteroatoms. The van der Waals surface area contributed by atoms with Gasteiger partial charge in [0, 0.05) is 6.54 Å². The molecule has 0 aromatic heterocycles. The van der Waals surface area contributed by atoms with Crippen molar-refractivity contribution in [2.45, 2.75) is 51.5 Å². The summed E-state index contributed by atoms with van der Waals surface area (Å²) in [6.07, 6.45) is 6.47. The average molecular weight is 242 g/mol. The quantitative estimate of drug-likeness (QED) is 0.501. The number of alkyl carbamates (subject to hydrolysis) is 1. The SMILES string of the molecule is CCCCCCCCOC(=O)N[C@H]1CNC1=O. The molecule has 98 valence electrons. The van der Waals surface area contributed by atoms with E-state index in [2.05, 4.69) is 17.6 Å². The van der Waals surface area contributed by atoms with Gasteiger partial charge in [-0.15, -0.1) is 0 Å². The Morgan fingerprint density at radius 3 is 2.65 bits per heavy atom. The van der Waals surface area contributed by atoms with Crippen LogP contribution >= 0.6 is 0 Å². The number of unbranched alkanes of at least 4 members (excludes halogenated alkanes) is 5. The molecular formula is C12H22N2O3. The lowest BCUT2D eigenvalue weighted by molar-refractivity contribution is -0.128. The minimum absolute atomic E-state index is 0.137. The van der Waals surface area contributed by atoms with Crippen LogP contribution in [-0.2, 0) is 9.53 Å². The summed E-state index contributed by atoms with van der Waals surface area (Å²) in [5.41, 5.74) is 0. The van der Waals surface area contributed by atoms with Gasteiger partial charge in [-0.3, -0.25) is 4.79 Å². The third-order valence-electron chi connectivity index (χ3n) is 2.82. The number of β-lactam (4-membered cyclic amide) rings is 1. The molecule has 1 aliphatic rings. The molecule has 1 aliphatic heterocycles. The molecule has 0 unspecified atom stereocenters. The largest absolute Gasteiger partial charge is 0.450 e. The molecule has 0 aromatic carbocycles. The van der Waals surface area contributed by atoms with Gasteiger partial charge in [-0.25, -0.2) is 4.79 Å². The summed E-state index contributed by atoms with van der Waals surface area (Å²) in [4.78, 5) is 22.1. The zero-order valence-electron chi connectivity index (χ0n) is 10.5. The van der Waals surface area contributed by atoms with Gasteiger partial charge in [-0.1, -0.05) is 39.0 Å². The number of hydrogen-bond donors (Lipinski definition) is 2. The fourth-order valence-corrected chi connectivity index (χ4v) is 1.64. The molecule has 0 spiro atoms. The zero-order valence-corrected chi connectivity index (χ0v) is 10.5. The molecule has 1 heterocycles. The van der Waals surface area contributed by atoms with E-state index in [-0.39, 0.29) is 5.91 Å². The number of amides is 2. The van der Waals surface area contributed by atoms with E-state index in [1.807, 2.05) is 0 Å². The molecule has 2 amide bonds. The monoisotopic (exact) mass is 242 g/mol. The molecule has 1 rings (SSSR count). The number of carbonyl (C=O) groups excluding carboxylic acids is 2. The molecule has 0 aliphatic carbocycles. The highest BCUT2D eigenvalue weighted by Gasteiger charge is 2.29. The molecule has 0 saturated carbocycles. The van der Waals surface area contributed by atoms with E-state index < -0.39 is 12.1 Å². The minimum Gasteiger partial charge on any atom is -0.450 e. The highest BCUT2D eigenvalue weighted by molar-refractivity contribution is 5.90. The van der Waals surface area contributed by atoms with Crippen LogP contribution in [-0.4, -0.2) is 31.2 Å². The van der Waals surface area contributed by atoms with Crippen LogP contribution in [0.1, 0.15) is 45.4 Å². The maximum absolute atomic E-state index is 11.2. The Hall–Kier alpha value is -1.26. The number of nitrogens with one attached hydrogen (secondary N) is 2. The lowest BCUT2D eigenvalue weighted by Gasteiger charge is -2.26. The number of carbonyl (C=O) groups is 2. The summed E-state index contributed by atoms with van der Waals surface area (Å²) in [6, 6.07) is -0.396. The van der Waals surface area contributed by atoms with Crippen LogP contribution in [0.2, 0.25) is 0 Å². The van der Waals surface area contributed by atoms with Crippen LogP contribution in [0.15, 0.2) is 0 Å². The first-order valence-corrected chi connectivity index (χ1v) is 6.45. The molecule has 1 fully saturated rings. The predicted molar refractivity (Wildman–Crippen MR) is 64.7 cm³/mol. The second kappa shape index (κ2) is 7.92. The standard InChI is InChI=1S/C12H22N2O3/c1-2-3-4-5-6-7-8-17-12(16)14-10-9-13-11(10)15/h10H,2-9H2,1H3,(H,13,15)(H,14,16)/t10-/m0/s1. The first kappa shape index (κ1) is 13.8. The molecule has 0 bridgehead atoms. The molecule has 2 N–H and O–H groups in total. The van der Waals surface area contributed by atoms with Crippen molar-refractivity contribution in [3.05, 3.63) is 0 Å². The van der Waals surface area contributed by atoms with Gasteiger partial charge in [0.15, 0.2) is 0 Å². The van der Waals surface area contributed by atoms with Crippen molar-refractivity contribution in [3.8, 4) is 0 Å². The van der Waals surface area contributed by atoms with Crippen molar-refractivity contribution in [3.63, 3.8) is 0 Å². The van der Waals surface area contributed by atoms with Crippen molar-refractivity contribution in [2.75, 3.05) is 13.2 Å². The fourth-order valence-electron chi connectivity index (χ4n) is 1.64. The first-order valence-electron chi connectivity index (χ1n) is 6.45. The molecule has 17 heavy (non-hydrogen) atoms. The maximum Gasteiger partial charge on any atom is 0.407 e. The predicted octanol–water partition coefficient (Wildman–Crippen LogP) is 1.57. The molecule has 5 nitrogen and oxygen atoms in total. The summed E-state index contributed by atoms with van der Waals surface area (Å²) in [7, 11) is 0. The Balaban J connectivity index is 1.88. The number of rotatable bonds is 8. The van der Waals surface area contributed by atoms with Gasteiger partial charge in [0.25, 0.3) is 0 Å². The minimum atomic E-state index is -0.488. The second-order valence-corrected chi connectivity index (χ2v) is 4.35. The smallest absolute Gasteiger partial charge is 0.407 e. The van der Waals surface area contributed by atoms with Crippen molar-refractivity contribution in [1.29, 1.82) is 0 Å². The number of hydrogen-bond acceptors (Lipinski definition) is 3. The molecule has 0 aromatic rings. The Morgan fingerprint density at radius 2 is 2.06 bits per heavy atom. The maximum atomic E-state index is 11.2. The van der Waals surface area contributed by atoms with Crippen LogP contribution in [0.3, 0.4) is 0 Å². The van der Waals surface area contributed by atoms with Crippen molar-refractivity contribution < 1.29 is 14.3 Å². The van der Waals surface area contributed by atoms with Crippen LogP contribution in [0.5, 0.6) is 0 Å². The van der Waals surface area contributed by atoms with Gasteiger partial charge in [0.2, 0.25) is 5.91 Å². The highest BCUT2D eigenvalue weighted by atomic mass is 16.5. The van der Waals surface area contributed by atoms with E-state index in [0.29, 0.717) is 13.2 Å². The Morgan fingerprint density at radius 1 is 1.35 bits per heavy atom. The van der Waals surface area contributed by atoms with Crippen molar-refractivity contribution >= 4 is 12.0 Å². The van der Waals surface area contributed by atoms with E-state index in [9.17, 15) is 9.59 Å². The lowest BCUT2D eigenvalue weighted by Crippen LogP contribution is -2.61. The van der Waals surface area contributed by atoms with Crippen LogP contribution in [0.25, 0.3) is 0 Å². The van der Waals surface area contributed by atoms with E-state index in [1.165, 1.54) is 25.7 Å². The number of ether oxygens (including phenoxy) is 1. The van der Waals surface area contributed by atoms with Gasteiger partial charge >= 0.3 is 6.09 Å². The topological polar surface area (TPSA) is 67.4 Å². The third-order valence-corrected chi connectivity index (χ3v) is 2.82. The normalized spacial score (nSPS) is 18.2. The molecular weight excluding hydrogens is 220 g/mol. The fraction of sp³-hybridized carbons (Fsp3) is 0.833. The highest BCUT2D eigenvalue weighted by Crippen LogP contribution is 2.05. The van der Waals surface area contributed by atoms with E-state index >= 15 is 0 Å². The summed E-state index contributed by atoms with van der Waals surface area (Å²) in [5, 5.41) is 5.05. The van der Waals surface area contributed by atoms with E-state index in [1.54, 1.807) is 0 Å². The summed E-state index contributed by atoms with van der Waals surface area (Å²) >= 11 is 0. The van der Waals surface area contributed by atoms with Gasteiger partial charge in [-0.05, 0) is 6.42 Å². The molecule has 1 atom stereocenters. The zero-order chi connectivity index (χ0) is 12.5. The van der Waals surface area contributed by atoms with Crippen LogP contribution < -0.4 is 10.6 Å². The van der Waals surface area contributed by atoms with Gasteiger partial charge in [-0.2, -0.15) is 0 Å². The van der Waals surface area contributed by atoms with Crippen molar-refractivity contribution in [2.24, 2.45) is 0 Å². The third kappa shape index (κ3) is 5.56. The summed E-state index contributed by atoms with van der Waals surface area (Å²) in [5.74, 6) is -0.137. The Labute approximate surface area is 102 Å².